The number of benzene rings is 1. The third-order valence-corrected chi connectivity index (χ3v) is 7.13. The number of alkyl halides is 3. The number of fused-ring (bicyclic) bond motifs is 1. The Kier molecular flexibility index (Phi) is 5.43. The van der Waals surface area contributed by atoms with Crippen molar-refractivity contribution in [1.82, 2.24) is 15.1 Å². The summed E-state index contributed by atoms with van der Waals surface area (Å²) in [4.78, 5) is 29.8. The molecule has 0 aromatic heterocycles. The molecular weight excluding hydrogens is 425 g/mol. The minimum atomic E-state index is -4.14. The van der Waals surface area contributed by atoms with E-state index in [9.17, 15) is 22.8 Å². The smallest absolute Gasteiger partial charge is 0.371 e. The number of likely N-dealkylation sites (tertiary alicyclic amines) is 2. The monoisotopic (exact) mass is 452 g/mol. The van der Waals surface area contributed by atoms with Crippen molar-refractivity contribution in [2.24, 2.45) is 5.92 Å². The molecule has 1 aromatic carbocycles. The van der Waals surface area contributed by atoms with Gasteiger partial charge in [-0.3, -0.25) is 4.79 Å². The van der Waals surface area contributed by atoms with Gasteiger partial charge in [0, 0.05) is 50.9 Å². The molecule has 0 saturated carbocycles. The number of urea groups is 1. The van der Waals surface area contributed by atoms with E-state index in [2.05, 4.69) is 5.32 Å². The molecule has 4 heterocycles. The fourth-order valence-corrected chi connectivity index (χ4v) is 5.14. The second kappa shape index (κ2) is 8.13. The molecule has 10 heteroatoms. The maximum Gasteiger partial charge on any atom is 0.393 e. The first kappa shape index (κ1) is 21.4. The van der Waals surface area contributed by atoms with E-state index in [0.29, 0.717) is 39.1 Å². The lowest BCUT2D eigenvalue weighted by atomic mass is 9.91. The molecule has 3 atom stereocenters. The van der Waals surface area contributed by atoms with E-state index in [1.165, 1.54) is 0 Å². The molecule has 0 spiro atoms. The minimum absolute atomic E-state index is 0.0116. The molecule has 0 bridgehead atoms. The number of halogens is 3. The van der Waals surface area contributed by atoms with Crippen LogP contribution in [0.25, 0.3) is 0 Å². The number of hydrogen-bond donors (Lipinski definition) is 1. The number of piperidine rings is 1. The number of carbonyl (C=O) groups is 2. The van der Waals surface area contributed by atoms with E-state index < -0.39 is 12.1 Å². The second-order valence-electron chi connectivity index (χ2n) is 9.21. The predicted octanol–water partition coefficient (Wildman–Crippen LogP) is 2.18. The topological polar surface area (TPSA) is 65.1 Å². The average molecular weight is 452 g/mol. The fraction of sp³-hybridized carbons (Fsp3) is 0.636. The fourth-order valence-electron chi connectivity index (χ4n) is 5.14. The van der Waals surface area contributed by atoms with Crippen LogP contribution in [0.1, 0.15) is 24.3 Å². The first-order valence-electron chi connectivity index (χ1n) is 11.1. The molecular formula is C22H27F3N4O3. The van der Waals surface area contributed by atoms with Gasteiger partial charge in [0.25, 0.3) is 0 Å². The molecule has 4 fully saturated rings. The highest BCUT2D eigenvalue weighted by Gasteiger charge is 2.44. The lowest BCUT2D eigenvalue weighted by Gasteiger charge is -2.46. The molecule has 7 nitrogen and oxygen atoms in total. The molecule has 4 aliphatic rings. The molecule has 0 unspecified atom stereocenters. The van der Waals surface area contributed by atoms with E-state index in [1.807, 2.05) is 24.3 Å². The Labute approximate surface area is 184 Å². The summed E-state index contributed by atoms with van der Waals surface area (Å²) in [5, 5.41) is 2.91. The van der Waals surface area contributed by atoms with E-state index in [0.717, 1.165) is 11.3 Å². The van der Waals surface area contributed by atoms with Crippen molar-refractivity contribution in [3.05, 3.63) is 29.8 Å². The van der Waals surface area contributed by atoms with Gasteiger partial charge in [-0.25, -0.2) is 4.79 Å². The predicted molar refractivity (Wildman–Crippen MR) is 110 cm³/mol. The Balaban J connectivity index is 1.12. The maximum atomic E-state index is 12.9. The Morgan fingerprint density at radius 3 is 2.44 bits per heavy atom. The van der Waals surface area contributed by atoms with Gasteiger partial charge < -0.3 is 24.8 Å². The molecule has 32 heavy (non-hydrogen) atoms. The van der Waals surface area contributed by atoms with Crippen LogP contribution in [0.3, 0.4) is 0 Å². The molecule has 3 amide bonds. The normalized spacial score (nSPS) is 28.9. The minimum Gasteiger partial charge on any atom is -0.371 e. The van der Waals surface area contributed by atoms with Crippen molar-refractivity contribution in [3.8, 4) is 0 Å². The Bertz CT molecular complexity index is 872. The van der Waals surface area contributed by atoms with E-state index in [1.54, 1.807) is 14.7 Å². The lowest BCUT2D eigenvalue weighted by Crippen LogP contribution is -2.63. The third-order valence-electron chi connectivity index (χ3n) is 7.13. The second-order valence-corrected chi connectivity index (χ2v) is 9.21. The van der Waals surface area contributed by atoms with Gasteiger partial charge in [-0.05, 0) is 30.5 Å². The highest BCUT2D eigenvalue weighted by Crippen LogP contribution is 2.36. The van der Waals surface area contributed by atoms with Gasteiger partial charge in [-0.15, -0.1) is 0 Å². The van der Waals surface area contributed by atoms with Crippen LogP contribution in [0, 0.1) is 5.92 Å². The molecule has 174 valence electrons. The lowest BCUT2D eigenvalue weighted by molar-refractivity contribution is -0.168. The summed E-state index contributed by atoms with van der Waals surface area (Å²) in [6, 6.07) is 7.52. The van der Waals surface area contributed by atoms with Gasteiger partial charge in [0.15, 0.2) is 0 Å². The summed E-state index contributed by atoms with van der Waals surface area (Å²) < 4.78 is 44.3. The number of amides is 3. The Morgan fingerprint density at radius 1 is 1.00 bits per heavy atom. The van der Waals surface area contributed by atoms with Gasteiger partial charge in [0.1, 0.15) is 6.61 Å². The quantitative estimate of drug-likeness (QED) is 0.747. The van der Waals surface area contributed by atoms with E-state index in [-0.39, 0.29) is 49.6 Å². The Hall–Kier alpha value is -2.49. The van der Waals surface area contributed by atoms with Crippen molar-refractivity contribution in [2.45, 2.75) is 37.1 Å². The van der Waals surface area contributed by atoms with Gasteiger partial charge in [0.2, 0.25) is 5.91 Å². The summed E-state index contributed by atoms with van der Waals surface area (Å²) in [7, 11) is 0. The van der Waals surface area contributed by atoms with Crippen molar-refractivity contribution in [2.75, 3.05) is 50.8 Å². The van der Waals surface area contributed by atoms with Crippen LogP contribution in [0.15, 0.2) is 24.3 Å². The maximum absolute atomic E-state index is 12.9. The number of hydrogen-bond acceptors (Lipinski definition) is 4. The molecule has 0 aliphatic carbocycles. The Morgan fingerprint density at radius 2 is 1.75 bits per heavy atom. The number of carbonyl (C=O) groups excluding carboxylic acids is 2. The molecule has 5 rings (SSSR count). The van der Waals surface area contributed by atoms with Crippen LogP contribution in [0.4, 0.5) is 23.7 Å². The van der Waals surface area contributed by atoms with Gasteiger partial charge >= 0.3 is 12.2 Å². The summed E-state index contributed by atoms with van der Waals surface area (Å²) in [5.41, 5.74) is 1.91. The van der Waals surface area contributed by atoms with Crippen LogP contribution in [-0.2, 0) is 9.53 Å². The molecule has 4 saturated heterocycles. The highest BCUT2D eigenvalue weighted by atomic mass is 19.4. The molecule has 4 aliphatic heterocycles. The summed E-state index contributed by atoms with van der Waals surface area (Å²) >= 11 is 0. The third kappa shape index (κ3) is 4.12. The van der Waals surface area contributed by atoms with Crippen LogP contribution in [-0.4, -0.2) is 85.9 Å². The van der Waals surface area contributed by atoms with Crippen LogP contribution < -0.4 is 10.2 Å². The number of morpholine rings is 1. The number of nitrogens with one attached hydrogen (secondary N) is 1. The first-order valence-corrected chi connectivity index (χ1v) is 11.1. The summed E-state index contributed by atoms with van der Waals surface area (Å²) in [6.07, 6.45) is -3.32. The van der Waals surface area contributed by atoms with Crippen molar-refractivity contribution in [3.63, 3.8) is 0 Å². The zero-order valence-electron chi connectivity index (χ0n) is 17.7. The molecule has 1 aromatic rings. The van der Waals surface area contributed by atoms with Crippen LogP contribution in [0.2, 0.25) is 0 Å². The van der Waals surface area contributed by atoms with Crippen molar-refractivity contribution >= 4 is 17.6 Å². The van der Waals surface area contributed by atoms with Crippen molar-refractivity contribution in [1.29, 1.82) is 0 Å². The highest BCUT2D eigenvalue weighted by molar-refractivity contribution is 5.79. The number of rotatable bonds is 2. The van der Waals surface area contributed by atoms with Gasteiger partial charge in [-0.2, -0.15) is 13.2 Å². The molecule has 1 N–H and O–H groups in total. The molecule has 0 radical (unpaired) electrons. The largest absolute Gasteiger partial charge is 0.393 e. The van der Waals surface area contributed by atoms with Crippen LogP contribution >= 0.6 is 0 Å². The number of nitrogens with zero attached hydrogens (tertiary/aromatic N) is 3. The number of ether oxygens (including phenoxy) is 1. The van der Waals surface area contributed by atoms with Gasteiger partial charge in [-0.1, -0.05) is 12.1 Å². The summed E-state index contributed by atoms with van der Waals surface area (Å²) in [6.45, 7) is 2.82. The number of anilines is 1. The zero-order chi connectivity index (χ0) is 22.5. The summed E-state index contributed by atoms with van der Waals surface area (Å²) in [5.74, 6) is -1.17. The van der Waals surface area contributed by atoms with Gasteiger partial charge in [0.05, 0.1) is 18.1 Å². The first-order chi connectivity index (χ1) is 15.3. The van der Waals surface area contributed by atoms with E-state index >= 15 is 0 Å². The average Bonchev–Trinajstić information content (AvgIpc) is 3.23. The zero-order valence-corrected chi connectivity index (χ0v) is 17.7. The van der Waals surface area contributed by atoms with Crippen LogP contribution in [0.5, 0.6) is 0 Å². The standard InChI is InChI=1S/C22H27F3N4O3/c23-22(24,25)16-5-7-27(11-16)17-3-1-14(2-4-17)15-9-29(10-15)21(31)28-8-6-19-18(12-28)26-20(30)13-32-19/h1-4,15-16,18-19H,5-13H2,(H,26,30)/t16-,18-,19+/m1/s1. The van der Waals surface area contributed by atoms with E-state index in [4.69, 9.17) is 4.74 Å². The SMILES string of the molecule is O=C1CO[C@H]2CCN(C(=O)N3CC(c4ccc(N5CC[C@@H](C(F)(F)F)C5)cc4)C3)C[C@H]2N1. The van der Waals surface area contributed by atoms with Crippen molar-refractivity contribution < 1.29 is 27.5 Å².